The molecule has 3 aromatic rings. The molecule has 0 heterocycles. The lowest BCUT2D eigenvalue weighted by atomic mass is 9.95. The Balaban J connectivity index is 2.22. The van der Waals surface area contributed by atoms with Crippen LogP contribution in [0.25, 0.3) is 21.9 Å². The van der Waals surface area contributed by atoms with E-state index in [-0.39, 0.29) is 0 Å². The largest absolute Gasteiger partial charge is 0.497 e. The molecule has 0 bridgehead atoms. The average Bonchev–Trinajstić information content (AvgIpc) is 2.54. The summed E-state index contributed by atoms with van der Waals surface area (Å²) in [5, 5.41) is 11.6. The van der Waals surface area contributed by atoms with Gasteiger partial charge in [0.2, 0.25) is 0 Å². The van der Waals surface area contributed by atoms with Crippen molar-refractivity contribution in [3.05, 3.63) is 66.2 Å². The lowest BCUT2D eigenvalue weighted by molar-refractivity contribution is 0.415. The van der Waals surface area contributed by atoms with Crippen LogP contribution in [0.4, 0.5) is 0 Å². The second-order valence-electron chi connectivity index (χ2n) is 4.55. The van der Waals surface area contributed by atoms with Gasteiger partial charge in [-0.3, -0.25) is 0 Å². The molecule has 0 aromatic heterocycles. The van der Waals surface area contributed by atoms with Crippen molar-refractivity contribution in [2.45, 2.75) is 0 Å². The second kappa shape index (κ2) is 5.07. The topological polar surface area (TPSA) is 33.0 Å². The zero-order valence-corrected chi connectivity index (χ0v) is 11.1. The third kappa shape index (κ3) is 2.00. The third-order valence-corrected chi connectivity index (χ3v) is 3.44. The Hall–Kier alpha value is -2.79. The number of hydrogen-bond acceptors (Lipinski definition) is 2. The maximum Gasteiger partial charge on any atom is 0.118 e. The van der Waals surface area contributed by atoms with Crippen LogP contribution in [-0.4, -0.2) is 7.11 Å². The number of methoxy groups -OCH3 is 1. The molecule has 0 N–H and O–H groups in total. The summed E-state index contributed by atoms with van der Waals surface area (Å²) in [6, 6.07) is 22.1. The van der Waals surface area contributed by atoms with Crippen LogP contribution in [0, 0.1) is 11.3 Å². The van der Waals surface area contributed by atoms with Crippen molar-refractivity contribution >= 4 is 10.8 Å². The summed E-state index contributed by atoms with van der Waals surface area (Å²) in [7, 11) is 1.64. The molecule has 0 saturated carbocycles. The standard InChI is InChI=1S/C18H13NO/c1-20-15-9-6-14(7-10-15)17-11-8-13-4-2-3-5-16(13)18(17)12-19/h2-11H,1H3. The number of hydrogen-bond donors (Lipinski definition) is 0. The van der Waals surface area contributed by atoms with E-state index in [0.717, 1.165) is 27.6 Å². The minimum Gasteiger partial charge on any atom is -0.497 e. The van der Waals surface area contributed by atoms with Gasteiger partial charge in [-0.2, -0.15) is 5.26 Å². The molecule has 2 heteroatoms. The van der Waals surface area contributed by atoms with E-state index in [4.69, 9.17) is 4.74 Å². The molecule has 0 spiro atoms. The van der Waals surface area contributed by atoms with Crippen molar-refractivity contribution < 1.29 is 4.74 Å². The van der Waals surface area contributed by atoms with Gasteiger partial charge in [-0.25, -0.2) is 0 Å². The van der Waals surface area contributed by atoms with Gasteiger partial charge >= 0.3 is 0 Å². The molecule has 2 nitrogen and oxygen atoms in total. The van der Waals surface area contributed by atoms with Crippen molar-refractivity contribution in [3.63, 3.8) is 0 Å². The fourth-order valence-corrected chi connectivity index (χ4v) is 2.40. The van der Waals surface area contributed by atoms with E-state index in [2.05, 4.69) is 12.1 Å². The molecule has 0 radical (unpaired) electrons. The van der Waals surface area contributed by atoms with Gasteiger partial charge in [-0.05, 0) is 23.1 Å². The number of benzene rings is 3. The Labute approximate surface area is 117 Å². The molecule has 20 heavy (non-hydrogen) atoms. The molecule has 0 aliphatic rings. The van der Waals surface area contributed by atoms with Crippen molar-refractivity contribution in [1.82, 2.24) is 0 Å². The summed E-state index contributed by atoms with van der Waals surface area (Å²) in [5.41, 5.74) is 2.69. The van der Waals surface area contributed by atoms with Gasteiger partial charge in [-0.1, -0.05) is 48.5 Å². The van der Waals surface area contributed by atoms with Gasteiger partial charge in [0.25, 0.3) is 0 Å². The zero-order chi connectivity index (χ0) is 13.9. The molecular formula is C18H13NO. The van der Waals surface area contributed by atoms with Gasteiger partial charge < -0.3 is 4.74 Å². The van der Waals surface area contributed by atoms with E-state index in [0.29, 0.717) is 5.56 Å². The van der Waals surface area contributed by atoms with E-state index in [1.54, 1.807) is 7.11 Å². The van der Waals surface area contributed by atoms with Gasteiger partial charge in [0.15, 0.2) is 0 Å². The van der Waals surface area contributed by atoms with Crippen LogP contribution in [0.5, 0.6) is 5.75 Å². The number of nitriles is 1. The Bertz CT molecular complexity index is 798. The van der Waals surface area contributed by atoms with Crippen molar-refractivity contribution in [2.75, 3.05) is 7.11 Å². The summed E-state index contributed by atoms with van der Waals surface area (Å²) in [4.78, 5) is 0. The molecule has 96 valence electrons. The minimum absolute atomic E-state index is 0.716. The number of nitrogens with zero attached hydrogens (tertiary/aromatic N) is 1. The van der Waals surface area contributed by atoms with Gasteiger partial charge in [-0.15, -0.1) is 0 Å². The third-order valence-electron chi connectivity index (χ3n) is 3.44. The van der Waals surface area contributed by atoms with Gasteiger partial charge in [0.1, 0.15) is 11.8 Å². The fraction of sp³-hybridized carbons (Fsp3) is 0.0556. The Morgan fingerprint density at radius 1 is 0.900 bits per heavy atom. The molecule has 0 aliphatic heterocycles. The quantitative estimate of drug-likeness (QED) is 0.684. The van der Waals surface area contributed by atoms with Crippen LogP contribution < -0.4 is 4.74 Å². The molecule has 0 atom stereocenters. The number of fused-ring (bicyclic) bond motifs is 1. The first-order chi connectivity index (χ1) is 9.83. The first-order valence-electron chi connectivity index (χ1n) is 6.40. The molecule has 0 fully saturated rings. The van der Waals surface area contributed by atoms with Crippen LogP contribution in [0.1, 0.15) is 5.56 Å². The molecule has 0 aliphatic carbocycles. The Kier molecular flexibility index (Phi) is 3.10. The first kappa shape index (κ1) is 12.3. The van der Waals surface area contributed by atoms with Crippen LogP contribution >= 0.6 is 0 Å². The van der Waals surface area contributed by atoms with Crippen LogP contribution in [0.15, 0.2) is 60.7 Å². The molecule has 0 unspecified atom stereocenters. The van der Waals surface area contributed by atoms with E-state index < -0.39 is 0 Å². The normalized spacial score (nSPS) is 10.2. The van der Waals surface area contributed by atoms with Crippen LogP contribution in [0.2, 0.25) is 0 Å². The highest BCUT2D eigenvalue weighted by Gasteiger charge is 2.09. The predicted molar refractivity (Wildman–Crippen MR) is 80.7 cm³/mol. The molecular weight excluding hydrogens is 246 g/mol. The molecule has 3 aromatic carbocycles. The highest BCUT2D eigenvalue weighted by atomic mass is 16.5. The summed E-state index contributed by atoms with van der Waals surface area (Å²) >= 11 is 0. The molecule has 0 amide bonds. The summed E-state index contributed by atoms with van der Waals surface area (Å²) in [6.07, 6.45) is 0. The lowest BCUT2D eigenvalue weighted by Gasteiger charge is -2.08. The highest BCUT2D eigenvalue weighted by Crippen LogP contribution is 2.30. The van der Waals surface area contributed by atoms with Crippen LogP contribution in [-0.2, 0) is 0 Å². The Morgan fingerprint density at radius 2 is 1.65 bits per heavy atom. The van der Waals surface area contributed by atoms with E-state index in [1.807, 2.05) is 54.6 Å². The summed E-state index contributed by atoms with van der Waals surface area (Å²) < 4.78 is 5.17. The highest BCUT2D eigenvalue weighted by molar-refractivity contribution is 5.94. The van der Waals surface area contributed by atoms with Crippen LogP contribution in [0.3, 0.4) is 0 Å². The summed E-state index contributed by atoms with van der Waals surface area (Å²) in [5.74, 6) is 0.813. The van der Waals surface area contributed by atoms with E-state index in [9.17, 15) is 5.26 Å². The molecule has 3 rings (SSSR count). The van der Waals surface area contributed by atoms with Crippen molar-refractivity contribution in [3.8, 4) is 22.9 Å². The van der Waals surface area contributed by atoms with Crippen molar-refractivity contribution in [2.24, 2.45) is 0 Å². The predicted octanol–water partition coefficient (Wildman–Crippen LogP) is 4.39. The monoisotopic (exact) mass is 259 g/mol. The van der Waals surface area contributed by atoms with E-state index >= 15 is 0 Å². The molecule has 0 saturated heterocycles. The summed E-state index contributed by atoms with van der Waals surface area (Å²) in [6.45, 7) is 0. The lowest BCUT2D eigenvalue weighted by Crippen LogP contribution is -1.88. The fourth-order valence-electron chi connectivity index (χ4n) is 2.40. The SMILES string of the molecule is COc1ccc(-c2ccc3ccccc3c2C#N)cc1. The van der Waals surface area contributed by atoms with Gasteiger partial charge in [0, 0.05) is 10.9 Å². The smallest absolute Gasteiger partial charge is 0.118 e. The maximum absolute atomic E-state index is 9.50. The average molecular weight is 259 g/mol. The first-order valence-corrected chi connectivity index (χ1v) is 6.40. The second-order valence-corrected chi connectivity index (χ2v) is 4.55. The number of ether oxygens (including phenoxy) is 1. The Morgan fingerprint density at radius 3 is 2.35 bits per heavy atom. The van der Waals surface area contributed by atoms with E-state index in [1.165, 1.54) is 0 Å². The maximum atomic E-state index is 9.50. The minimum atomic E-state index is 0.716. The number of rotatable bonds is 2. The zero-order valence-electron chi connectivity index (χ0n) is 11.1. The van der Waals surface area contributed by atoms with Gasteiger partial charge in [0.05, 0.1) is 12.7 Å². The van der Waals surface area contributed by atoms with Crippen molar-refractivity contribution in [1.29, 1.82) is 5.26 Å².